The number of hydrogen-bond acceptors (Lipinski definition) is 5. The van der Waals surface area contributed by atoms with Gasteiger partial charge in [-0.25, -0.2) is 0 Å². The number of carbonyl (C=O) groups excluding carboxylic acids is 2. The third-order valence-corrected chi connectivity index (χ3v) is 18.4. The number of rotatable bonds is 73. The van der Waals surface area contributed by atoms with Crippen molar-refractivity contribution in [2.24, 2.45) is 0 Å². The van der Waals surface area contributed by atoms with Crippen molar-refractivity contribution in [1.29, 1.82) is 0 Å². The van der Waals surface area contributed by atoms with Gasteiger partial charge in [-0.05, 0) is 25.7 Å². The van der Waals surface area contributed by atoms with E-state index in [0.29, 0.717) is 25.9 Å². The van der Waals surface area contributed by atoms with Crippen LogP contribution in [-0.4, -0.2) is 47.4 Å². The molecule has 2 atom stereocenters. The van der Waals surface area contributed by atoms with Crippen molar-refractivity contribution >= 4 is 11.9 Å². The molecule has 0 spiro atoms. The van der Waals surface area contributed by atoms with Crippen LogP contribution in [0.15, 0.2) is 0 Å². The zero-order chi connectivity index (χ0) is 59.2. The van der Waals surface area contributed by atoms with Crippen LogP contribution in [0.4, 0.5) is 0 Å². The SMILES string of the molecule is CCCCCCCCCCCCCCCCCCCCCCCCCCCC(O)C(CO)NC(=O)CCCCCCCCCCCCCCCCCCCCCCCCCCCCCOC(=O)CCCCCCCCCCCCCCC. The van der Waals surface area contributed by atoms with Crippen LogP contribution in [-0.2, 0) is 14.3 Å². The second-order valence-electron chi connectivity index (χ2n) is 26.7. The average Bonchev–Trinajstić information content (AvgIpc) is 3.48. The van der Waals surface area contributed by atoms with Gasteiger partial charge in [0.2, 0.25) is 5.91 Å². The number of esters is 1. The summed E-state index contributed by atoms with van der Waals surface area (Å²) in [6.45, 7) is 5.01. The number of carbonyl (C=O) groups is 2. The van der Waals surface area contributed by atoms with Crippen molar-refractivity contribution in [3.05, 3.63) is 0 Å². The second-order valence-corrected chi connectivity index (χ2v) is 26.7. The lowest BCUT2D eigenvalue weighted by Crippen LogP contribution is -2.45. The minimum atomic E-state index is -0.663. The monoisotopic (exact) mass is 1160 g/mol. The number of hydrogen-bond donors (Lipinski definition) is 3. The highest BCUT2D eigenvalue weighted by molar-refractivity contribution is 5.76. The van der Waals surface area contributed by atoms with Crippen LogP contribution in [0.3, 0.4) is 0 Å². The van der Waals surface area contributed by atoms with Crippen LogP contribution < -0.4 is 5.32 Å². The van der Waals surface area contributed by atoms with Crippen LogP contribution in [0.2, 0.25) is 0 Å². The highest BCUT2D eigenvalue weighted by Gasteiger charge is 2.20. The Balaban J connectivity index is 3.34. The molecule has 0 aliphatic heterocycles. The molecule has 0 rings (SSSR count). The van der Waals surface area contributed by atoms with Gasteiger partial charge in [0, 0.05) is 12.8 Å². The fourth-order valence-electron chi connectivity index (χ4n) is 12.6. The van der Waals surface area contributed by atoms with E-state index in [-0.39, 0.29) is 18.5 Å². The van der Waals surface area contributed by atoms with E-state index in [9.17, 15) is 19.8 Å². The van der Waals surface area contributed by atoms with Gasteiger partial charge in [0.25, 0.3) is 0 Å². The molecule has 0 bridgehead atoms. The number of nitrogens with one attached hydrogen (secondary N) is 1. The van der Waals surface area contributed by atoms with Crippen LogP contribution in [0.5, 0.6) is 0 Å². The first-order valence-corrected chi connectivity index (χ1v) is 38.3. The molecule has 3 N–H and O–H groups in total. The molecule has 0 aromatic heterocycles. The molecular formula is C76H151NO5. The molecule has 0 aromatic carbocycles. The van der Waals surface area contributed by atoms with E-state index in [0.717, 1.165) is 38.5 Å². The summed E-state index contributed by atoms with van der Waals surface area (Å²) in [7, 11) is 0. The summed E-state index contributed by atoms with van der Waals surface area (Å²) in [5.74, 6) is -0.00448. The minimum Gasteiger partial charge on any atom is -0.466 e. The van der Waals surface area contributed by atoms with Crippen LogP contribution in [0.25, 0.3) is 0 Å². The van der Waals surface area contributed by atoms with Crippen molar-refractivity contribution in [3.63, 3.8) is 0 Å². The van der Waals surface area contributed by atoms with Gasteiger partial charge in [-0.1, -0.05) is 412 Å². The van der Waals surface area contributed by atoms with E-state index in [1.54, 1.807) is 0 Å². The molecule has 0 fully saturated rings. The maximum atomic E-state index is 12.6. The van der Waals surface area contributed by atoms with Crippen molar-refractivity contribution in [2.45, 2.75) is 463 Å². The standard InChI is InChI=1S/C76H151NO5/c1-3-5-7-9-11-13-15-17-18-19-20-21-22-26-29-32-35-38-41-45-48-52-56-60-64-68-74(79)73(72-78)77-75(80)69-65-61-57-53-49-46-42-39-36-33-30-27-24-23-25-28-31-34-37-40-43-47-51-55-59-63-67-71-82-76(81)70-66-62-58-54-50-44-16-14-12-10-8-6-4-2/h73-74,78-79H,3-72H2,1-2H3,(H,77,80). The molecule has 490 valence electrons. The first-order valence-electron chi connectivity index (χ1n) is 38.3. The quantitative estimate of drug-likeness (QED) is 0.0417. The summed E-state index contributed by atoms with van der Waals surface area (Å²) in [6.07, 6.45) is 88.9. The molecule has 6 nitrogen and oxygen atoms in total. The third kappa shape index (κ3) is 68.0. The Morgan fingerprint density at radius 3 is 0.744 bits per heavy atom. The minimum absolute atomic E-state index is 0.0212. The predicted octanol–water partition coefficient (Wildman–Crippen LogP) is 24.9. The van der Waals surface area contributed by atoms with E-state index in [1.165, 1.54) is 379 Å². The lowest BCUT2D eigenvalue weighted by molar-refractivity contribution is -0.143. The fraction of sp³-hybridized carbons (Fsp3) is 0.974. The summed E-state index contributed by atoms with van der Waals surface area (Å²) in [5.41, 5.74) is 0. The zero-order valence-corrected chi connectivity index (χ0v) is 56.3. The molecule has 2 unspecified atom stereocenters. The number of aliphatic hydroxyl groups is 2. The highest BCUT2D eigenvalue weighted by Crippen LogP contribution is 2.20. The lowest BCUT2D eigenvalue weighted by atomic mass is 10.0. The molecule has 0 saturated carbocycles. The van der Waals surface area contributed by atoms with E-state index in [2.05, 4.69) is 19.2 Å². The lowest BCUT2D eigenvalue weighted by Gasteiger charge is -2.22. The van der Waals surface area contributed by atoms with Gasteiger partial charge in [0.05, 0.1) is 25.4 Å². The Labute approximate surface area is 515 Å². The first kappa shape index (κ1) is 80.9. The summed E-state index contributed by atoms with van der Waals surface area (Å²) in [4.78, 5) is 24.6. The Hall–Kier alpha value is -1.14. The Kier molecular flexibility index (Phi) is 71.3. The maximum Gasteiger partial charge on any atom is 0.305 e. The molecule has 0 heterocycles. The van der Waals surface area contributed by atoms with Crippen molar-refractivity contribution in [1.82, 2.24) is 5.32 Å². The zero-order valence-electron chi connectivity index (χ0n) is 56.3. The molecule has 1 amide bonds. The molecule has 82 heavy (non-hydrogen) atoms. The number of ether oxygens (including phenoxy) is 1. The molecular weight excluding hydrogens is 1010 g/mol. The van der Waals surface area contributed by atoms with E-state index in [4.69, 9.17) is 4.74 Å². The largest absolute Gasteiger partial charge is 0.466 e. The summed E-state index contributed by atoms with van der Waals surface area (Å²) >= 11 is 0. The van der Waals surface area contributed by atoms with Gasteiger partial charge in [-0.2, -0.15) is 0 Å². The normalized spacial score (nSPS) is 12.4. The summed E-state index contributed by atoms with van der Waals surface area (Å²) < 4.78 is 5.49. The van der Waals surface area contributed by atoms with Gasteiger partial charge < -0.3 is 20.3 Å². The van der Waals surface area contributed by atoms with Crippen molar-refractivity contribution in [2.75, 3.05) is 13.2 Å². The number of unbranched alkanes of at least 4 members (excludes halogenated alkanes) is 62. The maximum absolute atomic E-state index is 12.6. The van der Waals surface area contributed by atoms with Crippen LogP contribution in [0.1, 0.15) is 450 Å². The summed E-state index contributed by atoms with van der Waals surface area (Å²) in [6, 6.07) is -0.540. The van der Waals surface area contributed by atoms with Gasteiger partial charge in [-0.3, -0.25) is 9.59 Å². The first-order chi connectivity index (χ1) is 40.5. The van der Waals surface area contributed by atoms with Crippen molar-refractivity contribution in [3.8, 4) is 0 Å². The second kappa shape index (κ2) is 72.3. The molecule has 0 aromatic rings. The highest BCUT2D eigenvalue weighted by atomic mass is 16.5. The predicted molar refractivity (Wildman–Crippen MR) is 361 cm³/mol. The molecule has 0 radical (unpaired) electrons. The fourth-order valence-corrected chi connectivity index (χ4v) is 12.6. The smallest absolute Gasteiger partial charge is 0.305 e. The average molecular weight is 1160 g/mol. The van der Waals surface area contributed by atoms with Gasteiger partial charge in [0.15, 0.2) is 0 Å². The van der Waals surface area contributed by atoms with E-state index in [1.807, 2.05) is 0 Å². The molecule has 0 aliphatic rings. The van der Waals surface area contributed by atoms with Crippen LogP contribution in [0, 0.1) is 0 Å². The van der Waals surface area contributed by atoms with Gasteiger partial charge >= 0.3 is 5.97 Å². The Morgan fingerprint density at radius 1 is 0.293 bits per heavy atom. The molecule has 0 aliphatic carbocycles. The number of amides is 1. The Morgan fingerprint density at radius 2 is 0.500 bits per heavy atom. The van der Waals surface area contributed by atoms with Crippen molar-refractivity contribution < 1.29 is 24.5 Å². The number of aliphatic hydroxyl groups excluding tert-OH is 2. The third-order valence-electron chi connectivity index (χ3n) is 18.4. The van der Waals surface area contributed by atoms with Gasteiger partial charge in [0.1, 0.15) is 0 Å². The Bertz CT molecular complexity index is 1200. The topological polar surface area (TPSA) is 95.9 Å². The summed E-state index contributed by atoms with van der Waals surface area (Å²) in [5, 5.41) is 23.5. The van der Waals surface area contributed by atoms with Crippen LogP contribution >= 0.6 is 0 Å². The van der Waals surface area contributed by atoms with Gasteiger partial charge in [-0.15, -0.1) is 0 Å². The van der Waals surface area contributed by atoms with E-state index >= 15 is 0 Å². The molecule has 6 heteroatoms. The van der Waals surface area contributed by atoms with E-state index < -0.39 is 12.1 Å². The molecule has 0 saturated heterocycles.